The second-order valence-corrected chi connectivity index (χ2v) is 3.84. The highest BCUT2D eigenvalue weighted by molar-refractivity contribution is 5.98. The molecule has 1 heterocycles. The second kappa shape index (κ2) is 5.58. The average molecular weight is 276 g/mol. The highest BCUT2D eigenvalue weighted by atomic mass is 19.4. The lowest BCUT2D eigenvalue weighted by molar-refractivity contribution is -0.274. The monoisotopic (exact) mass is 276 g/mol. The van der Waals surface area contributed by atoms with Crippen molar-refractivity contribution in [3.63, 3.8) is 0 Å². The molecule has 0 aromatic heterocycles. The van der Waals surface area contributed by atoms with Gasteiger partial charge >= 0.3 is 6.36 Å². The molecule has 0 amide bonds. The summed E-state index contributed by atoms with van der Waals surface area (Å²) in [4.78, 5) is 11.9. The highest BCUT2D eigenvalue weighted by Crippen LogP contribution is 2.27. The summed E-state index contributed by atoms with van der Waals surface area (Å²) in [5.41, 5.74) is -0.140. The number of ether oxygens (including phenoxy) is 3. The Morgan fingerprint density at radius 2 is 1.89 bits per heavy atom. The topological polar surface area (TPSA) is 44.8 Å². The van der Waals surface area contributed by atoms with Crippen molar-refractivity contribution in [3.05, 3.63) is 29.8 Å². The number of rotatable bonds is 4. The van der Waals surface area contributed by atoms with Gasteiger partial charge in [0.2, 0.25) is 0 Å². The SMILES string of the molecule is O=C(CC1OCCO1)c1ccccc1OC(F)(F)F. The number of carbonyl (C=O) groups is 1. The lowest BCUT2D eigenvalue weighted by Crippen LogP contribution is -2.20. The smallest absolute Gasteiger partial charge is 0.405 e. The first-order valence-corrected chi connectivity index (χ1v) is 5.57. The van der Waals surface area contributed by atoms with Gasteiger partial charge in [0.05, 0.1) is 25.2 Å². The maximum atomic E-state index is 12.2. The van der Waals surface area contributed by atoms with Crippen LogP contribution in [0.25, 0.3) is 0 Å². The van der Waals surface area contributed by atoms with Gasteiger partial charge in [-0.25, -0.2) is 0 Å². The molecule has 1 aromatic rings. The van der Waals surface area contributed by atoms with E-state index in [0.29, 0.717) is 13.2 Å². The quantitative estimate of drug-likeness (QED) is 0.793. The summed E-state index contributed by atoms with van der Waals surface area (Å²) < 4.78 is 50.6. The number of alkyl halides is 3. The van der Waals surface area contributed by atoms with Crippen LogP contribution in [-0.4, -0.2) is 31.6 Å². The van der Waals surface area contributed by atoms with Crippen molar-refractivity contribution in [3.8, 4) is 5.75 Å². The molecule has 104 valence electrons. The number of carbonyl (C=O) groups excluding carboxylic acids is 1. The fraction of sp³-hybridized carbons (Fsp3) is 0.417. The van der Waals surface area contributed by atoms with Crippen LogP contribution in [0.2, 0.25) is 0 Å². The third-order valence-corrected chi connectivity index (χ3v) is 2.46. The molecule has 7 heteroatoms. The lowest BCUT2D eigenvalue weighted by atomic mass is 10.1. The molecule has 1 aliphatic rings. The number of Topliss-reactive ketones (excluding diaryl/α,β-unsaturated/α-hetero) is 1. The fourth-order valence-electron chi connectivity index (χ4n) is 1.70. The van der Waals surface area contributed by atoms with Gasteiger partial charge < -0.3 is 14.2 Å². The van der Waals surface area contributed by atoms with Crippen LogP contribution in [0.15, 0.2) is 24.3 Å². The van der Waals surface area contributed by atoms with Gasteiger partial charge in [0.15, 0.2) is 12.1 Å². The largest absolute Gasteiger partial charge is 0.573 e. The number of benzene rings is 1. The van der Waals surface area contributed by atoms with E-state index in [4.69, 9.17) is 9.47 Å². The number of halogens is 3. The number of para-hydroxylation sites is 1. The van der Waals surface area contributed by atoms with Gasteiger partial charge in [-0.3, -0.25) is 4.79 Å². The Bertz CT molecular complexity index is 453. The summed E-state index contributed by atoms with van der Waals surface area (Å²) in [6.07, 6.45) is -5.68. The molecule has 0 spiro atoms. The van der Waals surface area contributed by atoms with E-state index >= 15 is 0 Å². The van der Waals surface area contributed by atoms with Gasteiger partial charge in [-0.2, -0.15) is 0 Å². The van der Waals surface area contributed by atoms with Crippen LogP contribution in [-0.2, 0) is 9.47 Å². The molecule has 1 saturated heterocycles. The molecular formula is C12H11F3O4. The number of ketones is 1. The number of hydrogen-bond donors (Lipinski definition) is 0. The Morgan fingerprint density at radius 1 is 1.26 bits per heavy atom. The first-order valence-electron chi connectivity index (χ1n) is 5.57. The van der Waals surface area contributed by atoms with Crippen molar-refractivity contribution in [1.82, 2.24) is 0 Å². The maximum Gasteiger partial charge on any atom is 0.573 e. The van der Waals surface area contributed by atoms with Crippen LogP contribution in [0.3, 0.4) is 0 Å². The van der Waals surface area contributed by atoms with Crippen molar-refractivity contribution in [1.29, 1.82) is 0 Å². The van der Waals surface area contributed by atoms with Crippen LogP contribution in [0.4, 0.5) is 13.2 Å². The molecule has 19 heavy (non-hydrogen) atoms. The van der Waals surface area contributed by atoms with Crippen molar-refractivity contribution >= 4 is 5.78 Å². The Kier molecular flexibility index (Phi) is 4.06. The summed E-state index contributed by atoms with van der Waals surface area (Å²) in [5, 5.41) is 0. The Balaban J connectivity index is 2.11. The third kappa shape index (κ3) is 3.93. The lowest BCUT2D eigenvalue weighted by Gasteiger charge is -2.13. The van der Waals surface area contributed by atoms with Gasteiger partial charge in [0.1, 0.15) is 5.75 Å². The molecule has 0 aliphatic carbocycles. The first kappa shape index (κ1) is 13.8. The van der Waals surface area contributed by atoms with Crippen molar-refractivity contribution in [2.75, 3.05) is 13.2 Å². The summed E-state index contributed by atoms with van der Waals surface area (Å²) in [6, 6.07) is 5.20. The first-order chi connectivity index (χ1) is 8.96. The summed E-state index contributed by atoms with van der Waals surface area (Å²) >= 11 is 0. The van der Waals surface area contributed by atoms with E-state index in [9.17, 15) is 18.0 Å². The molecular weight excluding hydrogens is 265 g/mol. The van der Waals surface area contributed by atoms with E-state index in [2.05, 4.69) is 4.74 Å². The van der Waals surface area contributed by atoms with Gasteiger partial charge in [0.25, 0.3) is 0 Å². The van der Waals surface area contributed by atoms with Gasteiger partial charge in [-0.1, -0.05) is 12.1 Å². The summed E-state index contributed by atoms with van der Waals surface area (Å²) in [6.45, 7) is 0.747. The predicted octanol–water partition coefficient (Wildman–Crippen LogP) is 2.53. The normalized spacial score (nSPS) is 16.6. The Labute approximate surface area is 107 Å². The van der Waals surface area contributed by atoms with Crippen molar-refractivity contribution < 1.29 is 32.2 Å². The van der Waals surface area contributed by atoms with E-state index in [1.165, 1.54) is 18.2 Å². The molecule has 2 rings (SSSR count). The van der Waals surface area contributed by atoms with Crippen molar-refractivity contribution in [2.24, 2.45) is 0 Å². The van der Waals surface area contributed by atoms with Crippen LogP contribution >= 0.6 is 0 Å². The molecule has 1 aliphatic heterocycles. The van der Waals surface area contributed by atoms with Crippen molar-refractivity contribution in [2.45, 2.75) is 19.1 Å². The minimum Gasteiger partial charge on any atom is -0.405 e. The molecule has 1 fully saturated rings. The summed E-state index contributed by atoms with van der Waals surface area (Å²) in [5.74, 6) is -1.04. The van der Waals surface area contributed by atoms with Crippen LogP contribution in [0.1, 0.15) is 16.8 Å². The second-order valence-electron chi connectivity index (χ2n) is 3.84. The molecule has 1 aromatic carbocycles. The van der Waals surface area contributed by atoms with Gasteiger partial charge in [0, 0.05) is 0 Å². The Morgan fingerprint density at radius 3 is 2.53 bits per heavy atom. The zero-order valence-electron chi connectivity index (χ0n) is 9.77. The minimum atomic E-state index is -4.84. The Hall–Kier alpha value is -1.60. The third-order valence-electron chi connectivity index (χ3n) is 2.46. The standard InChI is InChI=1S/C12H11F3O4/c13-12(14,15)19-10-4-2-1-3-8(10)9(16)7-11-17-5-6-18-11/h1-4,11H,5-7H2. The van der Waals surface area contributed by atoms with Crippen LogP contribution in [0.5, 0.6) is 5.75 Å². The molecule has 0 bridgehead atoms. The highest BCUT2D eigenvalue weighted by Gasteiger charge is 2.33. The predicted molar refractivity (Wildman–Crippen MR) is 57.8 cm³/mol. The zero-order chi connectivity index (χ0) is 13.9. The van der Waals surface area contributed by atoms with E-state index < -0.39 is 24.2 Å². The molecule has 4 nitrogen and oxygen atoms in total. The number of hydrogen-bond acceptors (Lipinski definition) is 4. The van der Waals surface area contributed by atoms with E-state index in [0.717, 1.165) is 6.07 Å². The molecule has 0 atom stereocenters. The molecule has 0 saturated carbocycles. The van der Waals surface area contributed by atoms with Gasteiger partial charge in [-0.05, 0) is 12.1 Å². The van der Waals surface area contributed by atoms with Crippen LogP contribution < -0.4 is 4.74 Å². The van der Waals surface area contributed by atoms with E-state index in [1.54, 1.807) is 0 Å². The maximum absolute atomic E-state index is 12.2. The van der Waals surface area contributed by atoms with Crippen LogP contribution in [0, 0.1) is 0 Å². The van der Waals surface area contributed by atoms with E-state index in [1.807, 2.05) is 0 Å². The average Bonchev–Trinajstić information content (AvgIpc) is 2.80. The molecule has 0 N–H and O–H groups in total. The summed E-state index contributed by atoms with van der Waals surface area (Å²) in [7, 11) is 0. The molecule has 0 unspecified atom stereocenters. The zero-order valence-corrected chi connectivity index (χ0v) is 9.77. The molecule has 0 radical (unpaired) electrons. The van der Waals surface area contributed by atoms with Gasteiger partial charge in [-0.15, -0.1) is 13.2 Å². The minimum absolute atomic E-state index is 0.140. The van der Waals surface area contributed by atoms with E-state index in [-0.39, 0.29) is 12.0 Å². The fourth-order valence-corrected chi connectivity index (χ4v) is 1.70.